The molecular formula is C29H41N5O7. The molecule has 41 heavy (non-hydrogen) atoms. The summed E-state index contributed by atoms with van der Waals surface area (Å²) in [6.07, 6.45) is 5.08. The van der Waals surface area contributed by atoms with Crippen LogP contribution in [0.4, 0.5) is 10.5 Å². The zero-order chi connectivity index (χ0) is 30.0. The smallest absolute Gasteiger partial charge is 0.407 e. The van der Waals surface area contributed by atoms with Gasteiger partial charge >= 0.3 is 6.09 Å². The van der Waals surface area contributed by atoms with E-state index in [2.05, 4.69) is 21.3 Å². The molecule has 0 saturated carbocycles. The first-order valence-electron chi connectivity index (χ1n) is 14.3. The number of carbonyl (C=O) groups is 6. The number of nitrogens with one attached hydrogen (secondary N) is 4. The van der Waals surface area contributed by atoms with E-state index in [0.717, 1.165) is 30.6 Å². The summed E-state index contributed by atoms with van der Waals surface area (Å²) in [6, 6.07) is 3.93. The van der Waals surface area contributed by atoms with Crippen molar-refractivity contribution in [3.63, 3.8) is 0 Å². The van der Waals surface area contributed by atoms with Gasteiger partial charge < -0.3 is 20.7 Å². The quantitative estimate of drug-likeness (QED) is 0.196. The second-order valence-corrected chi connectivity index (χ2v) is 11.3. The molecular weight excluding hydrogens is 530 g/mol. The van der Waals surface area contributed by atoms with Crippen molar-refractivity contribution in [2.75, 3.05) is 25.0 Å². The van der Waals surface area contributed by atoms with Crippen molar-refractivity contribution in [1.82, 2.24) is 20.9 Å². The van der Waals surface area contributed by atoms with Gasteiger partial charge in [-0.3, -0.25) is 34.2 Å². The molecule has 1 unspecified atom stereocenters. The first-order chi connectivity index (χ1) is 19.5. The molecule has 0 bridgehead atoms. The number of benzene rings is 1. The van der Waals surface area contributed by atoms with Gasteiger partial charge in [-0.05, 0) is 65.0 Å². The van der Waals surface area contributed by atoms with Crippen LogP contribution in [0.15, 0.2) is 18.2 Å². The largest absolute Gasteiger partial charge is 0.444 e. The molecule has 1 aromatic rings. The van der Waals surface area contributed by atoms with Crippen LogP contribution in [0.1, 0.15) is 99.3 Å². The minimum absolute atomic E-state index is 0.0159. The molecule has 1 atom stereocenters. The van der Waals surface area contributed by atoms with E-state index in [1.807, 2.05) is 20.8 Å². The minimum atomic E-state index is -1.01. The third-order valence-corrected chi connectivity index (χ3v) is 6.71. The number of rotatable bonds is 14. The summed E-state index contributed by atoms with van der Waals surface area (Å²) < 4.78 is 5.19. The molecule has 2 aliphatic heterocycles. The lowest BCUT2D eigenvalue weighted by atomic mass is 10.0. The highest BCUT2D eigenvalue weighted by Crippen LogP contribution is 2.32. The fourth-order valence-corrected chi connectivity index (χ4v) is 4.72. The predicted molar refractivity (Wildman–Crippen MR) is 151 cm³/mol. The van der Waals surface area contributed by atoms with Crippen LogP contribution in [-0.2, 0) is 19.1 Å². The highest BCUT2D eigenvalue weighted by molar-refractivity contribution is 6.25. The fraction of sp³-hybridized carbons (Fsp3) is 0.586. The lowest BCUT2D eigenvalue weighted by Gasteiger charge is -2.27. The molecule has 12 heteroatoms. The monoisotopic (exact) mass is 571 g/mol. The van der Waals surface area contributed by atoms with Crippen LogP contribution in [0.25, 0.3) is 0 Å². The Morgan fingerprint density at radius 2 is 1.61 bits per heavy atom. The van der Waals surface area contributed by atoms with Gasteiger partial charge in [-0.2, -0.15) is 0 Å². The highest BCUT2D eigenvalue weighted by Gasteiger charge is 2.45. The van der Waals surface area contributed by atoms with Gasteiger partial charge in [0.15, 0.2) is 0 Å². The third-order valence-electron chi connectivity index (χ3n) is 6.71. The number of hydrogen-bond donors (Lipinski definition) is 4. The van der Waals surface area contributed by atoms with Gasteiger partial charge in [-0.25, -0.2) is 4.79 Å². The third kappa shape index (κ3) is 9.29. The van der Waals surface area contributed by atoms with Crippen molar-refractivity contribution >= 4 is 41.3 Å². The molecule has 2 heterocycles. The Balaban J connectivity index is 1.29. The van der Waals surface area contributed by atoms with E-state index >= 15 is 0 Å². The first kappa shape index (κ1) is 31.6. The van der Waals surface area contributed by atoms with Gasteiger partial charge in [0.1, 0.15) is 11.6 Å². The van der Waals surface area contributed by atoms with Gasteiger partial charge in [0, 0.05) is 38.2 Å². The molecule has 0 radical (unpaired) electrons. The van der Waals surface area contributed by atoms with Crippen LogP contribution in [0.5, 0.6) is 0 Å². The van der Waals surface area contributed by atoms with E-state index in [1.54, 1.807) is 18.2 Å². The zero-order valence-corrected chi connectivity index (χ0v) is 24.1. The average Bonchev–Trinajstić information content (AvgIpc) is 3.14. The average molecular weight is 572 g/mol. The maximum Gasteiger partial charge on any atom is 0.407 e. The number of carbonyl (C=O) groups excluding carboxylic acids is 6. The van der Waals surface area contributed by atoms with E-state index in [-0.39, 0.29) is 29.9 Å². The van der Waals surface area contributed by atoms with E-state index in [4.69, 9.17) is 4.74 Å². The van der Waals surface area contributed by atoms with Gasteiger partial charge in [-0.15, -0.1) is 0 Å². The maximum atomic E-state index is 13.1. The molecule has 1 saturated heterocycles. The van der Waals surface area contributed by atoms with Gasteiger partial charge in [0.05, 0.1) is 11.1 Å². The lowest BCUT2D eigenvalue weighted by molar-refractivity contribution is -0.136. The number of fused-ring (bicyclic) bond motifs is 1. The minimum Gasteiger partial charge on any atom is -0.444 e. The Labute approximate surface area is 240 Å². The zero-order valence-electron chi connectivity index (χ0n) is 24.1. The molecule has 1 aromatic carbocycles. The van der Waals surface area contributed by atoms with Crippen LogP contribution in [0.3, 0.4) is 0 Å². The van der Waals surface area contributed by atoms with Crippen molar-refractivity contribution in [1.29, 1.82) is 0 Å². The molecule has 3 rings (SSSR count). The second-order valence-electron chi connectivity index (χ2n) is 11.3. The Bertz CT molecular complexity index is 1160. The molecule has 6 amide bonds. The number of imide groups is 2. The molecule has 4 N–H and O–H groups in total. The predicted octanol–water partition coefficient (Wildman–Crippen LogP) is 2.87. The number of anilines is 1. The number of alkyl carbamates (subject to hydrolysis) is 1. The van der Waals surface area contributed by atoms with Crippen molar-refractivity contribution in [2.45, 2.75) is 90.2 Å². The Morgan fingerprint density at radius 1 is 0.927 bits per heavy atom. The topological polar surface area (TPSA) is 163 Å². The summed E-state index contributed by atoms with van der Waals surface area (Å²) in [5.41, 5.74) is 0.442. The summed E-state index contributed by atoms with van der Waals surface area (Å²) in [6.45, 7) is 7.13. The number of hydrogen-bond acceptors (Lipinski definition) is 8. The lowest BCUT2D eigenvalue weighted by Crippen LogP contribution is -2.54. The molecule has 224 valence electrons. The van der Waals surface area contributed by atoms with Crippen LogP contribution in [-0.4, -0.2) is 71.8 Å². The molecule has 0 aliphatic carbocycles. The second kappa shape index (κ2) is 14.6. The summed E-state index contributed by atoms with van der Waals surface area (Å²) in [5, 5.41) is 11.0. The highest BCUT2D eigenvalue weighted by atomic mass is 16.6. The van der Waals surface area contributed by atoms with Crippen molar-refractivity contribution in [2.24, 2.45) is 0 Å². The number of nitrogens with zero attached hydrogens (tertiary/aromatic N) is 1. The first-order valence-corrected chi connectivity index (χ1v) is 14.3. The normalized spacial score (nSPS) is 16.8. The van der Waals surface area contributed by atoms with E-state index in [0.29, 0.717) is 44.6 Å². The van der Waals surface area contributed by atoms with E-state index in [1.165, 1.54) is 0 Å². The van der Waals surface area contributed by atoms with Crippen LogP contribution < -0.4 is 21.3 Å². The van der Waals surface area contributed by atoms with Crippen molar-refractivity contribution < 1.29 is 33.5 Å². The Morgan fingerprint density at radius 3 is 2.29 bits per heavy atom. The molecule has 0 aromatic heterocycles. The Kier molecular flexibility index (Phi) is 11.2. The summed E-state index contributed by atoms with van der Waals surface area (Å²) >= 11 is 0. The van der Waals surface area contributed by atoms with Crippen molar-refractivity contribution in [3.8, 4) is 0 Å². The van der Waals surface area contributed by atoms with Crippen molar-refractivity contribution in [3.05, 3.63) is 29.3 Å². The standard InChI is InChI=1S/C29H41N5O7/c1-29(2,3)41-28(40)32-18-8-5-4-7-17-31-22(35)13-6-9-16-30-20-12-10-11-19-24(20)27(39)34(26(19)38)21-14-15-23(36)33-25(21)37/h10-12,21,30H,4-9,13-18H2,1-3H3,(H,31,35)(H,32,40)(H,33,36,37). The summed E-state index contributed by atoms with van der Waals surface area (Å²) in [4.78, 5) is 74.5. The Hall–Kier alpha value is -3.96. The SMILES string of the molecule is CC(C)(C)OC(=O)NCCCCCCNC(=O)CCCCNc1cccc2c1C(=O)N(C1CCC(=O)NC1=O)C2=O. The van der Waals surface area contributed by atoms with Crippen LogP contribution >= 0.6 is 0 Å². The van der Waals surface area contributed by atoms with Gasteiger partial charge in [0.2, 0.25) is 17.7 Å². The summed E-state index contributed by atoms with van der Waals surface area (Å²) in [7, 11) is 0. The molecule has 2 aliphatic rings. The van der Waals surface area contributed by atoms with Gasteiger partial charge in [0.25, 0.3) is 11.8 Å². The number of piperidine rings is 1. The molecule has 0 spiro atoms. The maximum absolute atomic E-state index is 13.1. The van der Waals surface area contributed by atoms with Crippen LogP contribution in [0, 0.1) is 0 Å². The number of unbranched alkanes of at least 4 members (excludes halogenated alkanes) is 4. The van der Waals surface area contributed by atoms with Gasteiger partial charge in [-0.1, -0.05) is 18.9 Å². The fourth-order valence-electron chi connectivity index (χ4n) is 4.72. The van der Waals surface area contributed by atoms with E-state index < -0.39 is 41.4 Å². The summed E-state index contributed by atoms with van der Waals surface area (Å²) in [5.74, 6) is -2.17. The van der Waals surface area contributed by atoms with Crippen LogP contribution in [0.2, 0.25) is 0 Å². The molecule has 12 nitrogen and oxygen atoms in total. The molecule has 1 fully saturated rings. The number of ether oxygens (including phenoxy) is 1. The van der Waals surface area contributed by atoms with E-state index in [9.17, 15) is 28.8 Å². The number of amides is 6.